The number of allylic oxidation sites excluding steroid dienone is 1. The van der Waals surface area contributed by atoms with Gasteiger partial charge in [-0.25, -0.2) is 0 Å². The van der Waals surface area contributed by atoms with Crippen molar-refractivity contribution in [3.63, 3.8) is 0 Å². The molecule has 0 aliphatic carbocycles. The van der Waals surface area contributed by atoms with Gasteiger partial charge in [0, 0.05) is 6.54 Å². The van der Waals surface area contributed by atoms with E-state index in [-0.39, 0.29) is 6.10 Å². The molecule has 1 fully saturated rings. The Labute approximate surface area is 79.4 Å². The monoisotopic (exact) mass is 181 g/mol. The van der Waals surface area contributed by atoms with Crippen LogP contribution in [-0.4, -0.2) is 24.8 Å². The van der Waals surface area contributed by atoms with E-state index >= 15 is 0 Å². The van der Waals surface area contributed by atoms with Crippen molar-refractivity contribution in [1.29, 1.82) is 0 Å². The fourth-order valence-electron chi connectivity index (χ4n) is 1.51. The molecule has 0 aromatic carbocycles. The third kappa shape index (κ3) is 1.85. The van der Waals surface area contributed by atoms with Crippen molar-refractivity contribution in [3.05, 3.63) is 23.2 Å². The topological polar surface area (TPSA) is 55.5 Å². The molecule has 1 rings (SSSR count). The Hall–Kier alpha value is -0.575. The third-order valence-corrected chi connectivity index (χ3v) is 2.48. The number of nitrogens with two attached hydrogens (primary N) is 1. The van der Waals surface area contributed by atoms with E-state index < -0.39 is 7.12 Å². The molecule has 1 heterocycles. The molecule has 1 aliphatic rings. The van der Waals surface area contributed by atoms with Crippen LogP contribution in [0.1, 0.15) is 20.3 Å². The van der Waals surface area contributed by atoms with Crippen LogP contribution in [0.2, 0.25) is 0 Å². The molecule has 4 heteroatoms. The standard InChI is InChI=1S/C9H16BNO2/c1-4-6(2)9-7(3)8(5-11)13-10(9)12/h8,12H,3-5,11H2,1-2H3/b9-6+/t8-/m1/s1. The van der Waals surface area contributed by atoms with Crippen molar-refractivity contribution in [2.24, 2.45) is 5.73 Å². The Morgan fingerprint density at radius 1 is 1.77 bits per heavy atom. The van der Waals surface area contributed by atoms with E-state index in [0.717, 1.165) is 23.0 Å². The molecule has 0 unspecified atom stereocenters. The highest BCUT2D eigenvalue weighted by Crippen LogP contribution is 2.29. The van der Waals surface area contributed by atoms with Crippen molar-refractivity contribution in [2.45, 2.75) is 26.4 Å². The van der Waals surface area contributed by atoms with Gasteiger partial charge in [0.2, 0.25) is 0 Å². The highest BCUT2D eigenvalue weighted by Gasteiger charge is 2.37. The Bertz CT molecular complexity index is 250. The Kier molecular flexibility index (Phi) is 3.30. The summed E-state index contributed by atoms with van der Waals surface area (Å²) in [4.78, 5) is 0. The van der Waals surface area contributed by atoms with Crippen LogP contribution in [0.4, 0.5) is 0 Å². The first-order valence-corrected chi connectivity index (χ1v) is 4.54. The van der Waals surface area contributed by atoms with E-state index in [1.165, 1.54) is 0 Å². The molecule has 0 saturated carbocycles. The number of hydrogen-bond acceptors (Lipinski definition) is 3. The zero-order valence-corrected chi connectivity index (χ0v) is 8.21. The molecule has 72 valence electrons. The Morgan fingerprint density at radius 2 is 2.38 bits per heavy atom. The zero-order chi connectivity index (χ0) is 10.0. The highest BCUT2D eigenvalue weighted by molar-refractivity contribution is 6.55. The van der Waals surface area contributed by atoms with Crippen molar-refractivity contribution in [2.75, 3.05) is 6.54 Å². The minimum absolute atomic E-state index is 0.216. The summed E-state index contributed by atoms with van der Waals surface area (Å²) in [5.74, 6) is 0. The van der Waals surface area contributed by atoms with Gasteiger partial charge in [0.05, 0.1) is 6.10 Å². The van der Waals surface area contributed by atoms with E-state index in [1.807, 2.05) is 13.8 Å². The maximum Gasteiger partial charge on any atom is 0.491 e. The van der Waals surface area contributed by atoms with Crippen molar-refractivity contribution < 1.29 is 9.68 Å². The van der Waals surface area contributed by atoms with Gasteiger partial charge in [-0.05, 0) is 24.4 Å². The van der Waals surface area contributed by atoms with Crippen LogP contribution in [0, 0.1) is 0 Å². The van der Waals surface area contributed by atoms with Crippen molar-refractivity contribution >= 4 is 7.12 Å². The molecule has 0 radical (unpaired) electrons. The Morgan fingerprint density at radius 3 is 2.77 bits per heavy atom. The highest BCUT2D eigenvalue weighted by atomic mass is 16.5. The van der Waals surface area contributed by atoms with Crippen LogP contribution < -0.4 is 5.73 Å². The van der Waals surface area contributed by atoms with Gasteiger partial charge in [-0.1, -0.05) is 19.1 Å². The smallest absolute Gasteiger partial charge is 0.423 e. The van der Waals surface area contributed by atoms with E-state index in [1.54, 1.807) is 0 Å². The molecule has 1 saturated heterocycles. The largest absolute Gasteiger partial charge is 0.491 e. The minimum Gasteiger partial charge on any atom is -0.423 e. The van der Waals surface area contributed by atoms with Gasteiger partial charge in [-0.2, -0.15) is 0 Å². The number of rotatable bonds is 2. The fourth-order valence-corrected chi connectivity index (χ4v) is 1.51. The van der Waals surface area contributed by atoms with Gasteiger partial charge < -0.3 is 15.4 Å². The average Bonchev–Trinajstić information content (AvgIpc) is 2.40. The summed E-state index contributed by atoms with van der Waals surface area (Å²) in [5, 5.41) is 9.57. The molecule has 0 bridgehead atoms. The lowest BCUT2D eigenvalue weighted by atomic mass is 9.74. The molecule has 0 spiro atoms. The van der Waals surface area contributed by atoms with Crippen LogP contribution in [0.25, 0.3) is 0 Å². The first-order chi connectivity index (χ1) is 6.11. The fraction of sp³-hybridized carbons (Fsp3) is 0.556. The van der Waals surface area contributed by atoms with Crippen LogP contribution >= 0.6 is 0 Å². The molecule has 1 aliphatic heterocycles. The summed E-state index contributed by atoms with van der Waals surface area (Å²) in [6.45, 7) is 8.27. The summed E-state index contributed by atoms with van der Waals surface area (Å²) in [6, 6.07) is 0. The van der Waals surface area contributed by atoms with Gasteiger partial charge in [-0.3, -0.25) is 0 Å². The predicted octanol–water partition coefficient (Wildman–Crippen LogP) is 0.646. The Balaban J connectivity index is 2.94. The minimum atomic E-state index is -0.832. The van der Waals surface area contributed by atoms with Crippen molar-refractivity contribution in [1.82, 2.24) is 0 Å². The van der Waals surface area contributed by atoms with E-state index in [2.05, 4.69) is 6.58 Å². The first-order valence-electron chi connectivity index (χ1n) is 4.54. The summed E-state index contributed by atoms with van der Waals surface area (Å²) in [7, 11) is -0.832. The maximum atomic E-state index is 9.57. The second-order valence-corrected chi connectivity index (χ2v) is 3.29. The predicted molar refractivity (Wildman–Crippen MR) is 54.0 cm³/mol. The summed E-state index contributed by atoms with van der Waals surface area (Å²) in [5.41, 5.74) is 8.25. The molecule has 3 N–H and O–H groups in total. The molecule has 0 aromatic rings. The van der Waals surface area contributed by atoms with E-state index in [0.29, 0.717) is 6.54 Å². The zero-order valence-electron chi connectivity index (χ0n) is 8.21. The lowest BCUT2D eigenvalue weighted by Gasteiger charge is -2.07. The summed E-state index contributed by atoms with van der Waals surface area (Å²) < 4.78 is 5.23. The van der Waals surface area contributed by atoms with E-state index in [9.17, 15) is 5.02 Å². The van der Waals surface area contributed by atoms with Gasteiger partial charge in [0.25, 0.3) is 0 Å². The molecule has 3 nitrogen and oxygen atoms in total. The molecule has 0 amide bonds. The lowest BCUT2D eigenvalue weighted by molar-refractivity contribution is 0.231. The van der Waals surface area contributed by atoms with Crippen LogP contribution in [-0.2, 0) is 4.65 Å². The lowest BCUT2D eigenvalue weighted by Crippen LogP contribution is -2.23. The second kappa shape index (κ2) is 4.09. The SMILES string of the molecule is C=C1/C(=C(/C)CC)B(O)O[C@@H]1CN. The van der Waals surface area contributed by atoms with Crippen LogP contribution in [0.3, 0.4) is 0 Å². The maximum absolute atomic E-state index is 9.57. The molecule has 13 heavy (non-hydrogen) atoms. The van der Waals surface area contributed by atoms with Crippen LogP contribution in [0.15, 0.2) is 23.2 Å². The summed E-state index contributed by atoms with van der Waals surface area (Å²) >= 11 is 0. The molecule has 1 atom stereocenters. The number of hydrogen-bond donors (Lipinski definition) is 2. The molecule has 0 aromatic heterocycles. The van der Waals surface area contributed by atoms with Gasteiger partial charge in [0.1, 0.15) is 0 Å². The quantitative estimate of drug-likeness (QED) is 0.614. The summed E-state index contributed by atoms with van der Waals surface area (Å²) in [6.07, 6.45) is 0.679. The van der Waals surface area contributed by atoms with Gasteiger partial charge in [-0.15, -0.1) is 0 Å². The van der Waals surface area contributed by atoms with Crippen LogP contribution in [0.5, 0.6) is 0 Å². The van der Waals surface area contributed by atoms with Gasteiger partial charge in [0.15, 0.2) is 0 Å². The molecular weight excluding hydrogens is 165 g/mol. The second-order valence-electron chi connectivity index (χ2n) is 3.29. The third-order valence-electron chi connectivity index (χ3n) is 2.48. The average molecular weight is 181 g/mol. The van der Waals surface area contributed by atoms with E-state index in [4.69, 9.17) is 10.4 Å². The molecular formula is C9H16BNO2. The normalized spacial score (nSPS) is 26.9. The van der Waals surface area contributed by atoms with Crippen molar-refractivity contribution in [3.8, 4) is 0 Å². The first kappa shape index (κ1) is 10.5. The van der Waals surface area contributed by atoms with Gasteiger partial charge >= 0.3 is 7.12 Å².